The maximum absolute atomic E-state index is 12.1. The Hall–Kier alpha value is -3.65. The topological polar surface area (TPSA) is 90.1 Å². The zero-order chi connectivity index (χ0) is 21.1. The Kier molecular flexibility index (Phi) is 5.49. The monoisotopic (exact) mass is 418 g/mol. The third kappa shape index (κ3) is 3.90. The average Bonchev–Trinajstić information content (AvgIpc) is 3.10. The summed E-state index contributed by atoms with van der Waals surface area (Å²) in [5.41, 5.74) is 2.35. The molecule has 0 aliphatic heterocycles. The van der Waals surface area contributed by atoms with Crippen molar-refractivity contribution in [3.63, 3.8) is 0 Å². The molecule has 0 spiro atoms. The summed E-state index contributed by atoms with van der Waals surface area (Å²) in [5.74, 6) is -0.171. The van der Waals surface area contributed by atoms with Gasteiger partial charge in [0.25, 0.3) is 11.6 Å². The molecule has 30 heavy (non-hydrogen) atoms. The van der Waals surface area contributed by atoms with Crippen LogP contribution in [0.25, 0.3) is 10.9 Å². The molecule has 4 aromatic rings. The van der Waals surface area contributed by atoms with Crippen LogP contribution in [-0.2, 0) is 6.54 Å². The molecule has 0 aliphatic carbocycles. The third-order valence-electron chi connectivity index (χ3n) is 4.68. The zero-order valence-electron chi connectivity index (χ0n) is 16.1. The second-order valence-electron chi connectivity index (χ2n) is 6.58. The minimum atomic E-state index is -0.376. The minimum absolute atomic E-state index is 0.0649. The van der Waals surface area contributed by atoms with Crippen molar-refractivity contribution in [2.75, 3.05) is 7.05 Å². The van der Waals surface area contributed by atoms with E-state index >= 15 is 0 Å². The van der Waals surface area contributed by atoms with E-state index in [1.54, 1.807) is 37.5 Å². The molecule has 8 heteroatoms. The van der Waals surface area contributed by atoms with Gasteiger partial charge in [-0.2, -0.15) is 0 Å². The van der Waals surface area contributed by atoms with Crippen molar-refractivity contribution >= 4 is 34.3 Å². The van der Waals surface area contributed by atoms with Crippen LogP contribution in [0, 0.1) is 10.1 Å². The number of nitro groups is 1. The summed E-state index contributed by atoms with van der Waals surface area (Å²) in [4.78, 5) is 29.0. The summed E-state index contributed by atoms with van der Waals surface area (Å²) in [6.45, 7) is 0.520. The molecule has 0 unspecified atom stereocenters. The Labute approximate surface area is 176 Å². The second kappa shape index (κ2) is 8.38. The van der Waals surface area contributed by atoms with Crippen molar-refractivity contribution in [3.8, 4) is 0 Å². The molecule has 4 rings (SSSR count). The van der Waals surface area contributed by atoms with Gasteiger partial charge in [0, 0.05) is 41.4 Å². The highest BCUT2D eigenvalue weighted by atomic mass is 32.2. The number of carbonyl (C=O) groups is 1. The normalized spacial score (nSPS) is 10.8. The van der Waals surface area contributed by atoms with E-state index in [0.29, 0.717) is 17.0 Å². The lowest BCUT2D eigenvalue weighted by atomic mass is 10.1. The fraction of sp³-hybridized carbons (Fsp3) is 0.0909. The molecule has 0 saturated carbocycles. The predicted octanol–water partition coefficient (Wildman–Crippen LogP) is 4.50. The van der Waals surface area contributed by atoms with Gasteiger partial charge in [0.1, 0.15) is 0 Å². The number of hydrogen-bond acceptors (Lipinski definition) is 5. The SMILES string of the molecule is CNC(=O)c1ccc2c(Sc3ccccc3[N+](=O)[O-])cn(Cc3ccccn3)c2c1. The highest BCUT2D eigenvalue weighted by Gasteiger charge is 2.18. The number of nitrogens with zero attached hydrogens (tertiary/aromatic N) is 3. The largest absolute Gasteiger partial charge is 0.355 e. The summed E-state index contributed by atoms with van der Waals surface area (Å²) in [5, 5.41) is 15.0. The van der Waals surface area contributed by atoms with Gasteiger partial charge < -0.3 is 9.88 Å². The van der Waals surface area contributed by atoms with Crippen molar-refractivity contribution in [1.82, 2.24) is 14.9 Å². The maximum Gasteiger partial charge on any atom is 0.283 e. The van der Waals surface area contributed by atoms with E-state index in [4.69, 9.17) is 0 Å². The first kappa shape index (κ1) is 19.7. The number of aromatic nitrogens is 2. The maximum atomic E-state index is 12.1. The van der Waals surface area contributed by atoms with Gasteiger partial charge in [-0.05, 0) is 30.3 Å². The number of fused-ring (bicyclic) bond motifs is 1. The van der Waals surface area contributed by atoms with Crippen LogP contribution in [0.1, 0.15) is 16.1 Å². The molecule has 0 bridgehead atoms. The molecule has 0 fully saturated rings. The summed E-state index contributed by atoms with van der Waals surface area (Å²) in [6, 6.07) is 17.9. The van der Waals surface area contributed by atoms with Crippen molar-refractivity contribution in [2.45, 2.75) is 16.3 Å². The Morgan fingerprint density at radius 2 is 1.93 bits per heavy atom. The standard InChI is InChI=1S/C22H18N4O3S/c1-23-22(27)15-9-10-17-19(12-15)25(13-16-6-4-5-11-24-16)14-21(17)30-20-8-3-2-7-18(20)26(28)29/h2-12,14H,13H2,1H3,(H,23,27). The van der Waals surface area contributed by atoms with Crippen LogP contribution in [0.3, 0.4) is 0 Å². The van der Waals surface area contributed by atoms with Crippen LogP contribution in [0.4, 0.5) is 5.69 Å². The number of nitro benzene ring substituents is 1. The van der Waals surface area contributed by atoms with Crippen molar-refractivity contribution in [3.05, 3.63) is 94.4 Å². The quantitative estimate of drug-likeness (QED) is 0.368. The number of benzene rings is 2. The molecular weight excluding hydrogens is 400 g/mol. The highest BCUT2D eigenvalue weighted by Crippen LogP contribution is 2.39. The number of para-hydroxylation sites is 1. The third-order valence-corrected chi connectivity index (χ3v) is 5.79. The lowest BCUT2D eigenvalue weighted by Gasteiger charge is -2.06. The summed E-state index contributed by atoms with van der Waals surface area (Å²) in [6.07, 6.45) is 3.69. The molecule has 2 heterocycles. The van der Waals surface area contributed by atoms with Crippen LogP contribution in [0.15, 0.2) is 82.8 Å². The predicted molar refractivity (Wildman–Crippen MR) is 116 cm³/mol. The first-order chi connectivity index (χ1) is 14.6. The first-order valence-corrected chi connectivity index (χ1v) is 10.0. The van der Waals surface area contributed by atoms with E-state index < -0.39 is 0 Å². The minimum Gasteiger partial charge on any atom is -0.355 e. The Bertz CT molecular complexity index is 1240. The molecule has 2 aromatic heterocycles. The van der Waals surface area contributed by atoms with E-state index in [0.717, 1.165) is 21.5 Å². The van der Waals surface area contributed by atoms with Crippen LogP contribution in [0.5, 0.6) is 0 Å². The number of rotatable bonds is 6. The summed E-state index contributed by atoms with van der Waals surface area (Å²) in [7, 11) is 1.59. The molecule has 0 atom stereocenters. The van der Waals surface area contributed by atoms with Gasteiger partial charge in [-0.15, -0.1) is 0 Å². The number of amides is 1. The fourth-order valence-corrected chi connectivity index (χ4v) is 4.33. The first-order valence-electron chi connectivity index (χ1n) is 9.23. The Balaban J connectivity index is 1.82. The molecule has 2 aromatic carbocycles. The smallest absolute Gasteiger partial charge is 0.283 e. The molecule has 0 radical (unpaired) electrons. The number of nitrogens with one attached hydrogen (secondary N) is 1. The van der Waals surface area contributed by atoms with Crippen LogP contribution in [-0.4, -0.2) is 27.4 Å². The zero-order valence-corrected chi connectivity index (χ0v) is 16.9. The van der Waals surface area contributed by atoms with Gasteiger partial charge in [-0.3, -0.25) is 19.9 Å². The van der Waals surface area contributed by atoms with Gasteiger partial charge in [0.15, 0.2) is 0 Å². The fourth-order valence-electron chi connectivity index (χ4n) is 3.23. The Morgan fingerprint density at radius 1 is 1.13 bits per heavy atom. The lowest BCUT2D eigenvalue weighted by Crippen LogP contribution is -2.17. The summed E-state index contributed by atoms with van der Waals surface area (Å²) < 4.78 is 2.02. The van der Waals surface area contributed by atoms with Gasteiger partial charge in [0.05, 0.1) is 27.6 Å². The van der Waals surface area contributed by atoms with Crippen LogP contribution < -0.4 is 5.32 Å². The molecule has 1 amide bonds. The van der Waals surface area contributed by atoms with Crippen LogP contribution >= 0.6 is 11.8 Å². The molecule has 7 nitrogen and oxygen atoms in total. The van der Waals surface area contributed by atoms with Gasteiger partial charge in [0.2, 0.25) is 0 Å². The van der Waals surface area contributed by atoms with Crippen molar-refractivity contribution in [1.29, 1.82) is 0 Å². The van der Waals surface area contributed by atoms with Gasteiger partial charge >= 0.3 is 0 Å². The second-order valence-corrected chi connectivity index (χ2v) is 7.66. The van der Waals surface area contributed by atoms with Crippen molar-refractivity contribution in [2.24, 2.45) is 0 Å². The average molecular weight is 418 g/mol. The van der Waals surface area contributed by atoms with E-state index in [1.165, 1.54) is 17.8 Å². The molecule has 0 aliphatic rings. The van der Waals surface area contributed by atoms with E-state index in [9.17, 15) is 14.9 Å². The lowest BCUT2D eigenvalue weighted by molar-refractivity contribution is -0.387. The van der Waals surface area contributed by atoms with E-state index in [-0.39, 0.29) is 16.5 Å². The Morgan fingerprint density at radius 3 is 2.67 bits per heavy atom. The van der Waals surface area contributed by atoms with E-state index in [2.05, 4.69) is 10.3 Å². The van der Waals surface area contributed by atoms with Gasteiger partial charge in [-0.25, -0.2) is 0 Å². The number of hydrogen-bond donors (Lipinski definition) is 1. The molecule has 0 saturated heterocycles. The number of pyridine rings is 1. The van der Waals surface area contributed by atoms with Crippen LogP contribution in [0.2, 0.25) is 0 Å². The molecule has 150 valence electrons. The molecular formula is C22H18N4O3S. The summed E-state index contributed by atoms with van der Waals surface area (Å²) >= 11 is 1.34. The molecule has 1 N–H and O–H groups in total. The van der Waals surface area contributed by atoms with Gasteiger partial charge in [-0.1, -0.05) is 36.0 Å². The van der Waals surface area contributed by atoms with E-state index in [1.807, 2.05) is 41.1 Å². The number of carbonyl (C=O) groups excluding carboxylic acids is 1. The highest BCUT2D eigenvalue weighted by molar-refractivity contribution is 7.99. The van der Waals surface area contributed by atoms with Crippen molar-refractivity contribution < 1.29 is 9.72 Å².